The number of nitrogens with one attached hydrogen (secondary N) is 2. The molecule has 1 aliphatic heterocycles. The number of amides is 4. The van der Waals surface area contributed by atoms with E-state index in [1.165, 1.54) is 19.2 Å². The molecule has 0 saturated carbocycles. The number of nitrogens with two attached hydrogens (primary N) is 1. The van der Waals surface area contributed by atoms with Crippen LogP contribution in [-0.2, 0) is 16.0 Å². The van der Waals surface area contributed by atoms with Crippen LogP contribution in [0.25, 0.3) is 0 Å². The predicted molar refractivity (Wildman–Crippen MR) is 143 cm³/mol. The van der Waals surface area contributed by atoms with E-state index < -0.39 is 17.3 Å². The minimum atomic E-state index is -1.22. The van der Waals surface area contributed by atoms with Crippen LogP contribution in [0.4, 0.5) is 26.7 Å². The lowest BCUT2D eigenvalue weighted by atomic mass is 10.1. The van der Waals surface area contributed by atoms with Gasteiger partial charge in [-0.3, -0.25) is 24.6 Å². The van der Waals surface area contributed by atoms with Crippen molar-refractivity contribution in [1.29, 1.82) is 0 Å². The number of ether oxygens (including phenoxy) is 2. The maximum atomic E-state index is 12.6. The van der Waals surface area contributed by atoms with E-state index in [0.29, 0.717) is 29.4 Å². The van der Waals surface area contributed by atoms with E-state index in [0.717, 1.165) is 22.2 Å². The zero-order valence-electron chi connectivity index (χ0n) is 20.2. The molecule has 3 aromatic carbocycles. The summed E-state index contributed by atoms with van der Waals surface area (Å²) in [5, 5.41) is 13.6. The van der Waals surface area contributed by atoms with Gasteiger partial charge < -0.3 is 25.6 Å². The van der Waals surface area contributed by atoms with Gasteiger partial charge >= 0.3 is 6.09 Å². The molecule has 1 unspecified atom stereocenters. The highest BCUT2D eigenvalue weighted by atomic mass is 32.2. The summed E-state index contributed by atoms with van der Waals surface area (Å²) < 4.78 is 11.3. The number of carbonyl (C=O) groups excluding carboxylic acids is 3. The maximum Gasteiger partial charge on any atom is 0.411 e. The molecule has 1 atom stereocenters. The van der Waals surface area contributed by atoms with Gasteiger partial charge in [0.15, 0.2) is 6.61 Å². The summed E-state index contributed by atoms with van der Waals surface area (Å²) >= 11 is 0.958. The van der Waals surface area contributed by atoms with Gasteiger partial charge in [-0.2, -0.15) is 0 Å². The van der Waals surface area contributed by atoms with Gasteiger partial charge in [0.05, 0.1) is 16.6 Å². The molecular formula is C26H24N4O7S. The maximum absolute atomic E-state index is 12.6. The van der Waals surface area contributed by atoms with Gasteiger partial charge in [-0.25, -0.2) is 4.79 Å². The third kappa shape index (κ3) is 6.73. The third-order valence-corrected chi connectivity index (χ3v) is 6.47. The fraction of sp³-hybridized carbons (Fsp3) is 0.154. The molecule has 3 aromatic rings. The molecule has 1 aliphatic rings. The quantitative estimate of drug-likeness (QED) is 0.295. The second kappa shape index (κ2) is 11.6. The largest absolute Gasteiger partial charge is 0.484 e. The number of benzene rings is 3. The Bertz CT molecular complexity index is 1360. The molecule has 0 aromatic heterocycles. The summed E-state index contributed by atoms with van der Waals surface area (Å²) in [6.07, 6.45) is -0.833. The molecule has 12 heteroatoms. The summed E-state index contributed by atoms with van der Waals surface area (Å²) in [6, 6.07) is 18.2. The van der Waals surface area contributed by atoms with Crippen LogP contribution in [0, 0.1) is 0 Å². The van der Waals surface area contributed by atoms with Crippen LogP contribution < -0.4 is 30.7 Å². The molecule has 196 valence electrons. The Hall–Kier alpha value is -4.71. The Balaban J connectivity index is 1.37. The normalized spacial score (nSPS) is 14.5. The van der Waals surface area contributed by atoms with E-state index in [2.05, 4.69) is 10.6 Å². The van der Waals surface area contributed by atoms with Gasteiger partial charge in [0.25, 0.3) is 11.1 Å². The van der Waals surface area contributed by atoms with Gasteiger partial charge in [0.1, 0.15) is 17.2 Å². The standard InChI is InChI=1S/C26H24N4O7S/c1-30(26(34)35)21-13-19(37-18-8-4-16(27)5-9-18)10-11-20(21)28-23(31)14-36-17-6-2-15(3-7-17)12-22-24(32)29-25(33)38-22/h2-11,13,22H,12,14,27H2,1H3,(H,28,31)(H,34,35)(H,29,32,33). The fourth-order valence-electron chi connectivity index (χ4n) is 3.53. The number of hydrogen-bond acceptors (Lipinski definition) is 8. The monoisotopic (exact) mass is 536 g/mol. The smallest absolute Gasteiger partial charge is 0.411 e. The van der Waals surface area contributed by atoms with Gasteiger partial charge in [-0.15, -0.1) is 0 Å². The molecule has 1 saturated heterocycles. The van der Waals surface area contributed by atoms with Crippen LogP contribution in [0.2, 0.25) is 0 Å². The van der Waals surface area contributed by atoms with Gasteiger partial charge in [-0.05, 0) is 60.5 Å². The molecule has 1 heterocycles. The van der Waals surface area contributed by atoms with Crippen LogP contribution in [0.15, 0.2) is 66.7 Å². The van der Waals surface area contributed by atoms with E-state index in [9.17, 15) is 24.3 Å². The molecule has 0 bridgehead atoms. The first-order valence-corrected chi connectivity index (χ1v) is 12.2. The van der Waals surface area contributed by atoms with Crippen molar-refractivity contribution >= 4 is 52.0 Å². The lowest BCUT2D eigenvalue weighted by Crippen LogP contribution is -2.27. The molecule has 0 spiro atoms. The third-order valence-electron chi connectivity index (χ3n) is 5.49. The summed E-state index contributed by atoms with van der Waals surface area (Å²) in [5.41, 5.74) is 7.57. The minimum Gasteiger partial charge on any atom is -0.484 e. The Kier molecular flexibility index (Phi) is 8.02. The Morgan fingerprint density at radius 1 is 1.03 bits per heavy atom. The van der Waals surface area contributed by atoms with Crippen molar-refractivity contribution in [2.75, 3.05) is 29.6 Å². The van der Waals surface area contributed by atoms with E-state index in [-0.39, 0.29) is 29.1 Å². The number of carbonyl (C=O) groups is 4. The summed E-state index contributed by atoms with van der Waals surface area (Å²) in [7, 11) is 1.35. The number of imide groups is 1. The number of rotatable bonds is 9. The zero-order chi connectivity index (χ0) is 27.2. The van der Waals surface area contributed by atoms with Crippen molar-refractivity contribution in [3.05, 3.63) is 72.3 Å². The van der Waals surface area contributed by atoms with E-state index in [1.807, 2.05) is 0 Å². The average Bonchev–Trinajstić information content (AvgIpc) is 3.21. The van der Waals surface area contributed by atoms with Gasteiger partial charge in [0, 0.05) is 18.8 Å². The van der Waals surface area contributed by atoms with Crippen molar-refractivity contribution in [2.24, 2.45) is 0 Å². The van der Waals surface area contributed by atoms with Crippen LogP contribution in [0.1, 0.15) is 5.56 Å². The van der Waals surface area contributed by atoms with E-state index in [4.69, 9.17) is 15.2 Å². The summed E-state index contributed by atoms with van der Waals surface area (Å²) in [4.78, 5) is 48.2. The lowest BCUT2D eigenvalue weighted by molar-refractivity contribution is -0.119. The second-order valence-corrected chi connectivity index (χ2v) is 9.44. The van der Waals surface area contributed by atoms with Crippen molar-refractivity contribution in [2.45, 2.75) is 11.7 Å². The number of nitrogens with zero attached hydrogens (tertiary/aromatic N) is 1. The second-order valence-electron chi connectivity index (χ2n) is 8.26. The number of nitrogen functional groups attached to an aromatic ring is 1. The predicted octanol–water partition coefficient (Wildman–Crippen LogP) is 4.09. The number of anilines is 3. The molecule has 11 nitrogen and oxygen atoms in total. The molecule has 0 radical (unpaired) electrons. The van der Waals surface area contributed by atoms with Crippen LogP contribution in [0.5, 0.6) is 17.2 Å². The molecule has 4 rings (SSSR count). The Labute approximate surface area is 221 Å². The van der Waals surface area contributed by atoms with Crippen LogP contribution in [-0.4, -0.2) is 47.2 Å². The molecular weight excluding hydrogens is 512 g/mol. The zero-order valence-corrected chi connectivity index (χ0v) is 21.0. The topological polar surface area (TPSA) is 160 Å². The molecule has 38 heavy (non-hydrogen) atoms. The van der Waals surface area contributed by atoms with Crippen molar-refractivity contribution < 1.29 is 33.8 Å². The SMILES string of the molecule is CN(C(=O)O)c1cc(Oc2ccc(N)cc2)ccc1NC(=O)COc1ccc(CC2SC(=O)NC2=O)cc1. The molecule has 5 N–H and O–H groups in total. The van der Waals surface area contributed by atoms with Gasteiger partial charge in [0.2, 0.25) is 5.91 Å². The fourth-order valence-corrected chi connectivity index (χ4v) is 4.39. The first-order valence-electron chi connectivity index (χ1n) is 11.3. The highest BCUT2D eigenvalue weighted by Crippen LogP contribution is 2.33. The average molecular weight is 537 g/mol. The first-order chi connectivity index (χ1) is 18.2. The first kappa shape index (κ1) is 26.4. The van der Waals surface area contributed by atoms with Crippen molar-refractivity contribution in [3.63, 3.8) is 0 Å². The Morgan fingerprint density at radius 2 is 1.68 bits per heavy atom. The highest BCUT2D eigenvalue weighted by Gasteiger charge is 2.31. The minimum absolute atomic E-state index is 0.204. The highest BCUT2D eigenvalue weighted by molar-refractivity contribution is 8.15. The van der Waals surface area contributed by atoms with Crippen LogP contribution >= 0.6 is 11.8 Å². The van der Waals surface area contributed by atoms with E-state index >= 15 is 0 Å². The Morgan fingerprint density at radius 3 is 2.32 bits per heavy atom. The molecule has 0 aliphatic carbocycles. The van der Waals surface area contributed by atoms with Crippen molar-refractivity contribution in [3.8, 4) is 17.2 Å². The summed E-state index contributed by atoms with van der Waals surface area (Å²) in [6.45, 7) is -0.325. The number of carboxylic acid groups (broad SMARTS) is 1. The van der Waals surface area contributed by atoms with E-state index in [1.54, 1.807) is 54.6 Å². The molecule has 4 amide bonds. The lowest BCUT2D eigenvalue weighted by Gasteiger charge is -2.19. The summed E-state index contributed by atoms with van der Waals surface area (Å²) in [5.74, 6) is 0.496. The van der Waals surface area contributed by atoms with Crippen molar-refractivity contribution in [1.82, 2.24) is 5.32 Å². The molecule has 1 fully saturated rings. The van der Waals surface area contributed by atoms with Gasteiger partial charge in [-0.1, -0.05) is 23.9 Å². The number of hydrogen-bond donors (Lipinski definition) is 4. The number of thioether (sulfide) groups is 1. The van der Waals surface area contributed by atoms with Crippen LogP contribution in [0.3, 0.4) is 0 Å².